The fourth-order valence-corrected chi connectivity index (χ4v) is 3.90. The van der Waals surface area contributed by atoms with Gasteiger partial charge in [0.2, 0.25) is 5.91 Å². The van der Waals surface area contributed by atoms with Crippen LogP contribution in [0, 0.1) is 17.6 Å². The number of rotatable bonds is 5. The fourth-order valence-electron chi connectivity index (χ4n) is 3.90. The van der Waals surface area contributed by atoms with Crippen LogP contribution in [0.25, 0.3) is 0 Å². The lowest BCUT2D eigenvalue weighted by atomic mass is 9.95. The first kappa shape index (κ1) is 21.1. The third-order valence-electron chi connectivity index (χ3n) is 5.63. The van der Waals surface area contributed by atoms with Crippen LogP contribution in [0.5, 0.6) is 11.5 Å². The van der Waals surface area contributed by atoms with Crippen molar-refractivity contribution in [2.24, 2.45) is 5.92 Å². The van der Waals surface area contributed by atoms with Gasteiger partial charge in [-0.05, 0) is 49.1 Å². The van der Waals surface area contributed by atoms with Crippen LogP contribution < -0.4 is 14.8 Å². The number of ether oxygens (including phenoxy) is 2. The first-order valence-corrected chi connectivity index (χ1v) is 10.4. The molecule has 1 saturated heterocycles. The van der Waals surface area contributed by atoms with Crippen molar-refractivity contribution < 1.29 is 27.8 Å². The van der Waals surface area contributed by atoms with Crippen molar-refractivity contribution in [3.05, 3.63) is 59.2 Å². The van der Waals surface area contributed by atoms with Crippen molar-refractivity contribution >= 4 is 11.8 Å². The van der Waals surface area contributed by atoms with E-state index in [4.69, 9.17) is 9.47 Å². The summed E-state index contributed by atoms with van der Waals surface area (Å²) in [6.45, 7) is 2.29. The van der Waals surface area contributed by atoms with Crippen molar-refractivity contribution in [2.75, 3.05) is 32.8 Å². The molecular weight excluding hydrogens is 406 g/mol. The van der Waals surface area contributed by atoms with Gasteiger partial charge in [0, 0.05) is 31.6 Å². The Labute approximate surface area is 179 Å². The minimum Gasteiger partial charge on any atom is -0.486 e. The van der Waals surface area contributed by atoms with Gasteiger partial charge in [0.15, 0.2) is 11.5 Å². The van der Waals surface area contributed by atoms with Crippen LogP contribution in [-0.2, 0) is 11.2 Å². The Morgan fingerprint density at radius 2 is 1.74 bits per heavy atom. The maximum Gasteiger partial charge on any atom is 0.256 e. The molecular formula is C23H24F2N2O4. The van der Waals surface area contributed by atoms with E-state index in [1.54, 1.807) is 0 Å². The predicted octanol–water partition coefficient (Wildman–Crippen LogP) is 2.95. The highest BCUT2D eigenvalue weighted by molar-refractivity contribution is 5.94. The lowest BCUT2D eigenvalue weighted by Crippen LogP contribution is -2.43. The van der Waals surface area contributed by atoms with Gasteiger partial charge in [0.1, 0.15) is 24.8 Å². The van der Waals surface area contributed by atoms with Crippen molar-refractivity contribution in [3.8, 4) is 11.5 Å². The summed E-state index contributed by atoms with van der Waals surface area (Å²) in [7, 11) is 0. The number of carbonyl (C=O) groups excluding carboxylic acids is 2. The number of piperidine rings is 1. The smallest absolute Gasteiger partial charge is 0.256 e. The summed E-state index contributed by atoms with van der Waals surface area (Å²) in [4.78, 5) is 26.5. The van der Waals surface area contributed by atoms with Crippen LogP contribution >= 0.6 is 0 Å². The summed E-state index contributed by atoms with van der Waals surface area (Å²) in [5, 5.41) is 2.96. The second kappa shape index (κ2) is 9.32. The maximum atomic E-state index is 13.9. The molecule has 0 atom stereocenters. The third kappa shape index (κ3) is 4.95. The molecule has 2 aliphatic rings. The molecule has 4 rings (SSSR count). The molecule has 2 aromatic rings. The number of nitrogens with one attached hydrogen (secondary N) is 1. The molecule has 6 nitrogen and oxygen atoms in total. The molecule has 0 spiro atoms. The number of hydrogen-bond acceptors (Lipinski definition) is 4. The minimum absolute atomic E-state index is 0.0439. The molecule has 0 aliphatic carbocycles. The summed E-state index contributed by atoms with van der Waals surface area (Å²) < 4.78 is 38.0. The number of likely N-dealkylation sites (tertiary alicyclic amines) is 1. The fraction of sp³-hybridized carbons (Fsp3) is 0.391. The largest absolute Gasteiger partial charge is 0.486 e. The average molecular weight is 430 g/mol. The zero-order valence-corrected chi connectivity index (χ0v) is 17.0. The van der Waals surface area contributed by atoms with Crippen LogP contribution in [0.15, 0.2) is 36.4 Å². The van der Waals surface area contributed by atoms with E-state index in [-0.39, 0.29) is 17.4 Å². The number of amides is 2. The Balaban J connectivity index is 1.23. The van der Waals surface area contributed by atoms with Gasteiger partial charge in [-0.3, -0.25) is 9.59 Å². The molecule has 0 unspecified atom stereocenters. The van der Waals surface area contributed by atoms with E-state index in [1.165, 1.54) is 4.90 Å². The molecule has 0 aromatic heterocycles. The van der Waals surface area contributed by atoms with Crippen LogP contribution in [0.4, 0.5) is 8.78 Å². The molecule has 31 heavy (non-hydrogen) atoms. The first-order valence-electron chi connectivity index (χ1n) is 10.4. The monoisotopic (exact) mass is 430 g/mol. The average Bonchev–Trinajstić information content (AvgIpc) is 2.78. The van der Waals surface area contributed by atoms with Gasteiger partial charge in [0.05, 0.1) is 5.56 Å². The van der Waals surface area contributed by atoms with E-state index in [9.17, 15) is 18.4 Å². The topological polar surface area (TPSA) is 67.9 Å². The molecule has 1 N–H and O–H groups in total. The Bertz CT molecular complexity index is 974. The van der Waals surface area contributed by atoms with Crippen molar-refractivity contribution in [3.63, 3.8) is 0 Å². The molecule has 2 amide bonds. The normalized spacial score (nSPS) is 16.1. The molecule has 8 heteroatoms. The Kier molecular flexibility index (Phi) is 6.34. The Morgan fingerprint density at radius 1 is 1.00 bits per heavy atom. The molecule has 2 heterocycles. The summed E-state index contributed by atoms with van der Waals surface area (Å²) in [5.74, 6) is -0.842. The van der Waals surface area contributed by atoms with Crippen LogP contribution in [0.1, 0.15) is 28.8 Å². The number of nitrogens with zero attached hydrogens (tertiary/aromatic N) is 1. The van der Waals surface area contributed by atoms with E-state index < -0.39 is 17.5 Å². The molecule has 1 fully saturated rings. The zero-order valence-electron chi connectivity index (χ0n) is 17.0. The highest BCUT2D eigenvalue weighted by Gasteiger charge is 2.28. The minimum atomic E-state index is -0.871. The van der Waals surface area contributed by atoms with Gasteiger partial charge >= 0.3 is 0 Å². The molecule has 0 saturated carbocycles. The quantitative estimate of drug-likeness (QED) is 0.792. The second-order valence-electron chi connectivity index (χ2n) is 7.71. The van der Waals surface area contributed by atoms with Crippen molar-refractivity contribution in [1.29, 1.82) is 0 Å². The lowest BCUT2D eigenvalue weighted by Gasteiger charge is -2.31. The van der Waals surface area contributed by atoms with E-state index in [0.717, 1.165) is 29.2 Å². The molecule has 2 aromatic carbocycles. The van der Waals surface area contributed by atoms with Gasteiger partial charge in [-0.25, -0.2) is 8.78 Å². The Hall–Kier alpha value is -3.16. The van der Waals surface area contributed by atoms with Crippen molar-refractivity contribution in [2.45, 2.75) is 19.3 Å². The summed E-state index contributed by atoms with van der Waals surface area (Å²) in [5.41, 5.74) is 0.898. The number of hydrogen-bond donors (Lipinski definition) is 1. The summed E-state index contributed by atoms with van der Waals surface area (Å²) >= 11 is 0. The lowest BCUT2D eigenvalue weighted by molar-refractivity contribution is -0.126. The molecule has 0 bridgehead atoms. The Morgan fingerprint density at radius 3 is 2.48 bits per heavy atom. The highest BCUT2D eigenvalue weighted by atomic mass is 19.1. The number of carbonyl (C=O) groups is 2. The van der Waals surface area contributed by atoms with Gasteiger partial charge < -0.3 is 19.7 Å². The maximum absolute atomic E-state index is 13.9. The van der Waals surface area contributed by atoms with Gasteiger partial charge in [-0.1, -0.05) is 6.07 Å². The summed E-state index contributed by atoms with van der Waals surface area (Å²) in [6, 6.07) is 8.69. The molecule has 2 aliphatic heterocycles. The standard InChI is InChI=1S/C23H24F2N2O4/c24-17-2-3-18(19(25)14-17)23(29)27-9-6-16(7-10-27)22(28)26-8-5-15-1-4-20-21(13-15)31-12-11-30-20/h1-4,13-14,16H,5-12H2,(H,26,28). The highest BCUT2D eigenvalue weighted by Crippen LogP contribution is 2.30. The SMILES string of the molecule is O=C(NCCc1ccc2c(c1)OCCO2)C1CCN(C(=O)c2ccc(F)cc2F)CC1. The van der Waals surface area contributed by atoms with Gasteiger partial charge in [0.25, 0.3) is 5.91 Å². The van der Waals surface area contributed by atoms with Gasteiger partial charge in [-0.15, -0.1) is 0 Å². The molecule has 164 valence electrons. The van der Waals surface area contributed by atoms with Crippen LogP contribution in [0.3, 0.4) is 0 Å². The van der Waals surface area contributed by atoms with E-state index in [0.29, 0.717) is 58.2 Å². The third-order valence-corrected chi connectivity index (χ3v) is 5.63. The van der Waals surface area contributed by atoms with Crippen molar-refractivity contribution in [1.82, 2.24) is 10.2 Å². The predicted molar refractivity (Wildman–Crippen MR) is 109 cm³/mol. The van der Waals surface area contributed by atoms with Crippen LogP contribution in [0.2, 0.25) is 0 Å². The summed E-state index contributed by atoms with van der Waals surface area (Å²) in [6.07, 6.45) is 1.68. The molecule has 0 radical (unpaired) electrons. The second-order valence-corrected chi connectivity index (χ2v) is 7.71. The number of fused-ring (bicyclic) bond motifs is 1. The van der Waals surface area contributed by atoms with E-state index >= 15 is 0 Å². The number of benzene rings is 2. The van der Waals surface area contributed by atoms with E-state index in [1.807, 2.05) is 18.2 Å². The zero-order chi connectivity index (χ0) is 21.8. The first-order chi connectivity index (χ1) is 15.0. The van der Waals surface area contributed by atoms with E-state index in [2.05, 4.69) is 5.32 Å². The number of halogens is 2. The van der Waals surface area contributed by atoms with Crippen LogP contribution in [-0.4, -0.2) is 49.6 Å². The van der Waals surface area contributed by atoms with Gasteiger partial charge in [-0.2, -0.15) is 0 Å².